The highest BCUT2D eigenvalue weighted by atomic mass is 14.7. The Kier molecular flexibility index (Phi) is 2.51. The third-order valence-corrected chi connectivity index (χ3v) is 2.18. The molecule has 1 nitrogen and oxygen atoms in total. The summed E-state index contributed by atoms with van der Waals surface area (Å²) >= 11 is 0. The zero-order chi connectivity index (χ0) is 9.19. The standard InChI is InChI=1S/C11H17N/c1-11(2,3)9-5-7-10(12-4)8-6-9/h5-7,10H,4,8H2,1-3H3. The molecular weight excluding hydrogens is 146 g/mol. The van der Waals surface area contributed by atoms with Crippen molar-refractivity contribution in [3.63, 3.8) is 0 Å². The van der Waals surface area contributed by atoms with E-state index in [0.717, 1.165) is 6.42 Å². The van der Waals surface area contributed by atoms with Gasteiger partial charge in [0.15, 0.2) is 0 Å². The summed E-state index contributed by atoms with van der Waals surface area (Å²) in [5, 5.41) is 0. The first-order valence-corrected chi connectivity index (χ1v) is 4.38. The normalized spacial score (nSPS) is 23.6. The number of allylic oxidation sites excluding steroid dienone is 2. The van der Waals surface area contributed by atoms with Gasteiger partial charge in [-0.15, -0.1) is 0 Å². The summed E-state index contributed by atoms with van der Waals surface area (Å²) in [6, 6.07) is 0.302. The highest BCUT2D eigenvalue weighted by molar-refractivity contribution is 5.33. The Bertz CT molecular complexity index is 228. The van der Waals surface area contributed by atoms with Crippen molar-refractivity contribution in [1.82, 2.24) is 0 Å². The second-order valence-electron chi connectivity index (χ2n) is 4.25. The maximum absolute atomic E-state index is 3.98. The van der Waals surface area contributed by atoms with Crippen molar-refractivity contribution in [1.29, 1.82) is 0 Å². The van der Waals surface area contributed by atoms with E-state index in [9.17, 15) is 0 Å². The predicted molar refractivity (Wildman–Crippen MR) is 54.6 cm³/mol. The Hall–Kier alpha value is -0.850. The molecule has 1 atom stereocenters. The molecule has 0 saturated heterocycles. The van der Waals surface area contributed by atoms with E-state index in [1.807, 2.05) is 0 Å². The highest BCUT2D eigenvalue weighted by Crippen LogP contribution is 2.29. The zero-order valence-electron chi connectivity index (χ0n) is 8.17. The van der Waals surface area contributed by atoms with Crippen molar-refractivity contribution < 1.29 is 0 Å². The van der Waals surface area contributed by atoms with E-state index in [2.05, 4.69) is 50.7 Å². The van der Waals surface area contributed by atoms with Crippen LogP contribution in [0.3, 0.4) is 0 Å². The van der Waals surface area contributed by atoms with Gasteiger partial charge >= 0.3 is 0 Å². The molecule has 1 heteroatoms. The Morgan fingerprint density at radius 1 is 1.50 bits per heavy atom. The first-order valence-electron chi connectivity index (χ1n) is 4.38. The third kappa shape index (κ3) is 2.07. The van der Waals surface area contributed by atoms with Crippen LogP contribution in [0.1, 0.15) is 27.2 Å². The fourth-order valence-electron chi connectivity index (χ4n) is 1.30. The average Bonchev–Trinajstić information content (AvgIpc) is 2.03. The molecule has 0 spiro atoms. The van der Waals surface area contributed by atoms with Gasteiger partial charge in [-0.1, -0.05) is 39.0 Å². The van der Waals surface area contributed by atoms with E-state index in [1.54, 1.807) is 0 Å². The van der Waals surface area contributed by atoms with Crippen molar-refractivity contribution >= 4 is 6.72 Å². The van der Waals surface area contributed by atoms with Crippen LogP contribution >= 0.6 is 0 Å². The minimum Gasteiger partial charge on any atom is -0.293 e. The monoisotopic (exact) mass is 163 g/mol. The van der Waals surface area contributed by atoms with Gasteiger partial charge in [0.25, 0.3) is 0 Å². The third-order valence-electron chi connectivity index (χ3n) is 2.18. The van der Waals surface area contributed by atoms with E-state index in [0.29, 0.717) is 6.04 Å². The molecule has 1 aliphatic rings. The van der Waals surface area contributed by atoms with E-state index in [-0.39, 0.29) is 5.41 Å². The van der Waals surface area contributed by atoms with Crippen molar-refractivity contribution in [2.75, 3.05) is 0 Å². The molecule has 0 radical (unpaired) electrons. The fourth-order valence-corrected chi connectivity index (χ4v) is 1.30. The van der Waals surface area contributed by atoms with E-state index in [1.165, 1.54) is 5.57 Å². The van der Waals surface area contributed by atoms with Crippen LogP contribution in [0.15, 0.2) is 28.8 Å². The van der Waals surface area contributed by atoms with Gasteiger partial charge in [0, 0.05) is 0 Å². The molecule has 12 heavy (non-hydrogen) atoms. The Balaban J connectivity index is 2.70. The van der Waals surface area contributed by atoms with Gasteiger partial charge in [0.1, 0.15) is 0 Å². The minimum atomic E-state index is 0.267. The molecule has 0 bridgehead atoms. The SMILES string of the molecule is C=NC1C=CC(C(C)(C)C)=CC1. The summed E-state index contributed by atoms with van der Waals surface area (Å²) < 4.78 is 0. The average molecular weight is 163 g/mol. The molecule has 66 valence electrons. The van der Waals surface area contributed by atoms with E-state index < -0.39 is 0 Å². The zero-order valence-corrected chi connectivity index (χ0v) is 8.17. The van der Waals surface area contributed by atoms with E-state index >= 15 is 0 Å². The lowest BCUT2D eigenvalue weighted by Crippen LogP contribution is -2.12. The first kappa shape index (κ1) is 9.24. The second kappa shape index (κ2) is 3.26. The molecule has 0 N–H and O–H groups in total. The molecule has 1 unspecified atom stereocenters. The number of hydrogen-bond acceptors (Lipinski definition) is 1. The lowest BCUT2D eigenvalue weighted by Gasteiger charge is -2.23. The lowest BCUT2D eigenvalue weighted by atomic mass is 9.83. The molecule has 0 aromatic heterocycles. The van der Waals surface area contributed by atoms with Gasteiger partial charge in [0.05, 0.1) is 6.04 Å². The molecule has 0 aliphatic heterocycles. The number of rotatable bonds is 1. The Morgan fingerprint density at radius 3 is 2.50 bits per heavy atom. The van der Waals surface area contributed by atoms with Gasteiger partial charge < -0.3 is 0 Å². The van der Waals surface area contributed by atoms with Crippen molar-refractivity contribution in [2.45, 2.75) is 33.2 Å². The molecule has 1 aliphatic carbocycles. The van der Waals surface area contributed by atoms with Crippen LogP contribution < -0.4 is 0 Å². The summed E-state index contributed by atoms with van der Waals surface area (Å²) in [4.78, 5) is 3.98. The fraction of sp³-hybridized carbons (Fsp3) is 0.545. The Morgan fingerprint density at radius 2 is 2.17 bits per heavy atom. The van der Waals surface area contributed by atoms with Crippen LogP contribution in [0.4, 0.5) is 0 Å². The van der Waals surface area contributed by atoms with Crippen LogP contribution in [0.5, 0.6) is 0 Å². The molecule has 1 rings (SSSR count). The maximum atomic E-state index is 3.98. The smallest absolute Gasteiger partial charge is 0.0710 e. The van der Waals surface area contributed by atoms with Gasteiger partial charge in [-0.25, -0.2) is 0 Å². The van der Waals surface area contributed by atoms with Crippen LogP contribution in [-0.4, -0.2) is 12.8 Å². The van der Waals surface area contributed by atoms with Crippen molar-refractivity contribution in [3.05, 3.63) is 23.8 Å². The van der Waals surface area contributed by atoms with Crippen molar-refractivity contribution in [2.24, 2.45) is 10.4 Å². The molecule has 0 fully saturated rings. The largest absolute Gasteiger partial charge is 0.293 e. The summed E-state index contributed by atoms with van der Waals surface area (Å²) in [5.41, 5.74) is 1.67. The molecule has 0 saturated carbocycles. The topological polar surface area (TPSA) is 12.4 Å². The molecule has 0 heterocycles. The number of nitrogens with zero attached hydrogens (tertiary/aromatic N) is 1. The van der Waals surface area contributed by atoms with Gasteiger partial charge in [0.2, 0.25) is 0 Å². The van der Waals surface area contributed by atoms with Gasteiger partial charge in [-0.05, 0) is 24.1 Å². The highest BCUT2D eigenvalue weighted by Gasteiger charge is 2.17. The van der Waals surface area contributed by atoms with Crippen LogP contribution in [0.25, 0.3) is 0 Å². The molecule has 0 amide bonds. The Labute approximate surface area is 74.9 Å². The predicted octanol–water partition coefficient (Wildman–Crippen LogP) is 2.99. The molecule has 0 aromatic carbocycles. The van der Waals surface area contributed by atoms with Crippen LogP contribution in [0.2, 0.25) is 0 Å². The summed E-state index contributed by atoms with van der Waals surface area (Å²) in [6.07, 6.45) is 7.57. The first-order chi connectivity index (χ1) is 5.54. The van der Waals surface area contributed by atoms with E-state index in [4.69, 9.17) is 0 Å². The molecule has 0 aromatic rings. The van der Waals surface area contributed by atoms with Gasteiger partial charge in [-0.3, -0.25) is 4.99 Å². The quantitative estimate of drug-likeness (QED) is 0.527. The number of aliphatic imine (C=N–C) groups is 1. The van der Waals surface area contributed by atoms with Gasteiger partial charge in [-0.2, -0.15) is 0 Å². The lowest BCUT2D eigenvalue weighted by molar-refractivity contribution is 0.510. The summed E-state index contributed by atoms with van der Waals surface area (Å²) in [5.74, 6) is 0. The minimum absolute atomic E-state index is 0.267. The number of hydrogen-bond donors (Lipinski definition) is 0. The molecular formula is C11H17N. The maximum Gasteiger partial charge on any atom is 0.0710 e. The van der Waals surface area contributed by atoms with Crippen molar-refractivity contribution in [3.8, 4) is 0 Å². The van der Waals surface area contributed by atoms with Crippen LogP contribution in [-0.2, 0) is 0 Å². The second-order valence-corrected chi connectivity index (χ2v) is 4.25. The summed E-state index contributed by atoms with van der Waals surface area (Å²) in [7, 11) is 0. The summed E-state index contributed by atoms with van der Waals surface area (Å²) in [6.45, 7) is 10.2. The van der Waals surface area contributed by atoms with Crippen LogP contribution in [0, 0.1) is 5.41 Å².